The lowest BCUT2D eigenvalue weighted by Crippen LogP contribution is -2.27. The van der Waals surface area contributed by atoms with E-state index < -0.39 is 4.92 Å². The highest BCUT2D eigenvalue weighted by Gasteiger charge is 2.19. The van der Waals surface area contributed by atoms with Crippen LogP contribution in [0.1, 0.15) is 28.8 Å². The van der Waals surface area contributed by atoms with Crippen molar-refractivity contribution in [3.05, 3.63) is 75.8 Å². The number of hydrogen-bond acceptors (Lipinski definition) is 4. The first-order valence-corrected chi connectivity index (χ1v) is 8.66. The summed E-state index contributed by atoms with van der Waals surface area (Å²) < 4.78 is 0. The van der Waals surface area contributed by atoms with Gasteiger partial charge in [0.15, 0.2) is 0 Å². The van der Waals surface area contributed by atoms with Gasteiger partial charge in [-0.2, -0.15) is 0 Å². The molecule has 1 aliphatic heterocycles. The molecule has 0 atom stereocenters. The number of carbonyl (C=O) groups excluding carboxylic acids is 2. The third-order valence-electron chi connectivity index (χ3n) is 4.30. The highest BCUT2D eigenvalue weighted by atomic mass is 16.6. The van der Waals surface area contributed by atoms with E-state index in [0.29, 0.717) is 16.8 Å². The average molecular weight is 365 g/mol. The molecule has 0 aromatic heterocycles. The Hall–Kier alpha value is -3.48. The van der Waals surface area contributed by atoms with Gasteiger partial charge in [0.1, 0.15) is 0 Å². The number of amides is 2. The molecule has 0 spiro atoms. The number of hydrogen-bond donors (Lipinski definition) is 1. The normalized spacial score (nSPS) is 13.7. The van der Waals surface area contributed by atoms with Crippen molar-refractivity contribution in [1.82, 2.24) is 4.90 Å². The van der Waals surface area contributed by atoms with Crippen molar-refractivity contribution in [2.24, 2.45) is 0 Å². The molecule has 1 saturated heterocycles. The van der Waals surface area contributed by atoms with Crippen LogP contribution in [0.2, 0.25) is 0 Å². The minimum atomic E-state index is -0.484. The topological polar surface area (TPSA) is 92.5 Å². The molecule has 2 amide bonds. The molecule has 7 heteroatoms. The van der Waals surface area contributed by atoms with Crippen LogP contribution < -0.4 is 5.32 Å². The average Bonchev–Trinajstić information content (AvgIpc) is 3.21. The van der Waals surface area contributed by atoms with E-state index in [1.54, 1.807) is 36.4 Å². The predicted molar refractivity (Wildman–Crippen MR) is 102 cm³/mol. The first-order chi connectivity index (χ1) is 13.0. The Labute approximate surface area is 156 Å². The number of likely N-dealkylation sites (tertiary alicyclic amines) is 1. The predicted octanol–water partition coefficient (Wildman–Crippen LogP) is 3.48. The molecule has 27 heavy (non-hydrogen) atoms. The zero-order valence-corrected chi connectivity index (χ0v) is 14.6. The molecule has 0 saturated carbocycles. The molecule has 1 heterocycles. The van der Waals surface area contributed by atoms with E-state index in [9.17, 15) is 19.7 Å². The van der Waals surface area contributed by atoms with E-state index in [0.717, 1.165) is 25.9 Å². The third-order valence-corrected chi connectivity index (χ3v) is 4.30. The SMILES string of the molecule is O=C(/C=C/c1cccc([N+](=O)[O-])c1)Nc1ccc(C(=O)N2CCCC2)cc1. The minimum Gasteiger partial charge on any atom is -0.339 e. The third kappa shape index (κ3) is 4.78. The maximum atomic E-state index is 12.3. The number of carbonyl (C=O) groups is 2. The van der Waals surface area contributed by atoms with Crippen molar-refractivity contribution >= 4 is 29.3 Å². The fraction of sp³-hybridized carbons (Fsp3) is 0.200. The molecule has 0 aliphatic carbocycles. The van der Waals surface area contributed by atoms with Crippen LogP contribution in [0.25, 0.3) is 6.08 Å². The lowest BCUT2D eigenvalue weighted by Gasteiger charge is -2.15. The molecule has 2 aromatic rings. The van der Waals surface area contributed by atoms with Gasteiger partial charge >= 0.3 is 0 Å². The summed E-state index contributed by atoms with van der Waals surface area (Å²) in [7, 11) is 0. The summed E-state index contributed by atoms with van der Waals surface area (Å²) in [5, 5.41) is 13.5. The fourth-order valence-corrected chi connectivity index (χ4v) is 2.90. The van der Waals surface area contributed by atoms with E-state index in [4.69, 9.17) is 0 Å². The van der Waals surface area contributed by atoms with Crippen LogP contribution >= 0.6 is 0 Å². The van der Waals surface area contributed by atoms with Crippen LogP contribution in [0.5, 0.6) is 0 Å². The number of non-ortho nitro benzene ring substituents is 1. The summed E-state index contributed by atoms with van der Waals surface area (Å²) in [4.78, 5) is 36.4. The molecule has 7 nitrogen and oxygen atoms in total. The highest BCUT2D eigenvalue weighted by Crippen LogP contribution is 2.16. The van der Waals surface area contributed by atoms with Crippen molar-refractivity contribution in [2.45, 2.75) is 12.8 Å². The van der Waals surface area contributed by atoms with Crippen LogP contribution in [0.15, 0.2) is 54.6 Å². The molecule has 0 bridgehead atoms. The lowest BCUT2D eigenvalue weighted by atomic mass is 10.1. The monoisotopic (exact) mass is 365 g/mol. The lowest BCUT2D eigenvalue weighted by molar-refractivity contribution is -0.384. The molecule has 138 valence electrons. The van der Waals surface area contributed by atoms with Crippen molar-refractivity contribution < 1.29 is 14.5 Å². The summed E-state index contributed by atoms with van der Waals surface area (Å²) in [5.74, 6) is -0.351. The largest absolute Gasteiger partial charge is 0.339 e. The molecule has 1 fully saturated rings. The van der Waals surface area contributed by atoms with Gasteiger partial charge in [0.2, 0.25) is 5.91 Å². The van der Waals surface area contributed by atoms with Gasteiger partial charge in [0, 0.05) is 42.5 Å². The van der Waals surface area contributed by atoms with Crippen molar-refractivity contribution in [3.8, 4) is 0 Å². The van der Waals surface area contributed by atoms with E-state index in [-0.39, 0.29) is 17.5 Å². The zero-order chi connectivity index (χ0) is 19.2. The molecular weight excluding hydrogens is 346 g/mol. The summed E-state index contributed by atoms with van der Waals surface area (Å²) in [6.07, 6.45) is 4.89. The molecule has 1 aliphatic rings. The van der Waals surface area contributed by atoms with Gasteiger partial charge < -0.3 is 10.2 Å². The zero-order valence-electron chi connectivity index (χ0n) is 14.6. The molecule has 3 rings (SSSR count). The Balaban J connectivity index is 1.60. The molecule has 2 aromatic carbocycles. The van der Waals surface area contributed by atoms with E-state index in [2.05, 4.69) is 5.32 Å². The molecule has 0 radical (unpaired) electrons. The Morgan fingerprint density at radius 2 is 1.78 bits per heavy atom. The standard InChI is InChI=1S/C20H19N3O4/c24-19(11-6-15-4-3-5-18(14-15)23(26)27)21-17-9-7-16(8-10-17)20(25)22-12-1-2-13-22/h3-11,14H,1-2,12-13H2,(H,21,24)/b11-6+. The smallest absolute Gasteiger partial charge is 0.270 e. The van der Waals surface area contributed by atoms with Gasteiger partial charge in [0.25, 0.3) is 11.6 Å². The van der Waals surface area contributed by atoms with Gasteiger partial charge in [-0.1, -0.05) is 12.1 Å². The van der Waals surface area contributed by atoms with Crippen molar-refractivity contribution in [1.29, 1.82) is 0 Å². The second-order valence-corrected chi connectivity index (χ2v) is 6.25. The van der Waals surface area contributed by atoms with E-state index >= 15 is 0 Å². The Bertz CT molecular complexity index is 884. The van der Waals surface area contributed by atoms with E-state index in [1.165, 1.54) is 24.3 Å². The van der Waals surface area contributed by atoms with Gasteiger partial charge in [-0.05, 0) is 48.7 Å². The Morgan fingerprint density at radius 1 is 1.07 bits per heavy atom. The second kappa shape index (κ2) is 8.27. The minimum absolute atomic E-state index is 0.0101. The summed E-state index contributed by atoms with van der Waals surface area (Å²) in [6, 6.07) is 12.8. The molecular formula is C20H19N3O4. The highest BCUT2D eigenvalue weighted by molar-refractivity contribution is 6.02. The Morgan fingerprint density at radius 3 is 2.44 bits per heavy atom. The summed E-state index contributed by atoms with van der Waals surface area (Å²) in [6.45, 7) is 1.58. The number of nitro groups is 1. The first-order valence-electron chi connectivity index (χ1n) is 8.66. The first kappa shape index (κ1) is 18.3. The van der Waals surface area contributed by atoms with Crippen LogP contribution in [0, 0.1) is 10.1 Å². The Kier molecular flexibility index (Phi) is 5.61. The van der Waals surface area contributed by atoms with Crippen LogP contribution in [-0.2, 0) is 4.79 Å². The van der Waals surface area contributed by atoms with Crippen LogP contribution in [0.4, 0.5) is 11.4 Å². The van der Waals surface area contributed by atoms with Gasteiger partial charge in [-0.3, -0.25) is 19.7 Å². The van der Waals surface area contributed by atoms with Gasteiger partial charge in [0.05, 0.1) is 4.92 Å². The summed E-state index contributed by atoms with van der Waals surface area (Å²) in [5.41, 5.74) is 1.70. The van der Waals surface area contributed by atoms with Gasteiger partial charge in [-0.25, -0.2) is 0 Å². The maximum Gasteiger partial charge on any atom is 0.270 e. The quantitative estimate of drug-likeness (QED) is 0.499. The number of nitrogens with one attached hydrogen (secondary N) is 1. The van der Waals surface area contributed by atoms with Crippen LogP contribution in [-0.4, -0.2) is 34.7 Å². The second-order valence-electron chi connectivity index (χ2n) is 6.25. The summed E-state index contributed by atoms with van der Waals surface area (Å²) >= 11 is 0. The molecule has 1 N–H and O–H groups in total. The van der Waals surface area contributed by atoms with E-state index in [1.807, 2.05) is 4.90 Å². The van der Waals surface area contributed by atoms with Crippen LogP contribution in [0.3, 0.4) is 0 Å². The van der Waals surface area contributed by atoms with Gasteiger partial charge in [-0.15, -0.1) is 0 Å². The maximum absolute atomic E-state index is 12.3. The fourth-order valence-electron chi connectivity index (χ4n) is 2.90. The number of anilines is 1. The molecule has 0 unspecified atom stereocenters. The number of benzene rings is 2. The van der Waals surface area contributed by atoms with Crippen molar-refractivity contribution in [3.63, 3.8) is 0 Å². The van der Waals surface area contributed by atoms with Crippen molar-refractivity contribution in [2.75, 3.05) is 18.4 Å². The number of rotatable bonds is 5. The number of nitro benzene ring substituents is 1. The number of nitrogens with zero attached hydrogens (tertiary/aromatic N) is 2.